The molecular weight excluding hydrogens is 220 g/mol. The molecule has 1 aromatic rings. The van der Waals surface area contributed by atoms with Gasteiger partial charge in [-0.3, -0.25) is 14.9 Å². The third-order valence-corrected chi connectivity index (χ3v) is 2.78. The lowest BCUT2D eigenvalue weighted by molar-refractivity contribution is -0.139. The number of anilines is 1. The summed E-state index contributed by atoms with van der Waals surface area (Å²) in [4.78, 5) is 24.2. The van der Waals surface area contributed by atoms with Crippen LogP contribution in [-0.4, -0.2) is 36.1 Å². The van der Waals surface area contributed by atoms with Crippen molar-refractivity contribution in [3.8, 4) is 0 Å². The molecule has 5 nitrogen and oxygen atoms in total. The number of carboxylic acid groups (broad SMARTS) is 1. The van der Waals surface area contributed by atoms with Gasteiger partial charge in [0.15, 0.2) is 0 Å². The molecule has 17 heavy (non-hydrogen) atoms. The molecule has 1 aliphatic heterocycles. The second-order valence-electron chi connectivity index (χ2n) is 4.12. The van der Waals surface area contributed by atoms with Crippen molar-refractivity contribution in [2.24, 2.45) is 0 Å². The summed E-state index contributed by atoms with van der Waals surface area (Å²) < 4.78 is 0. The molecule has 1 aliphatic rings. The fourth-order valence-electron chi connectivity index (χ4n) is 1.87. The van der Waals surface area contributed by atoms with Gasteiger partial charge in [0.2, 0.25) is 5.91 Å². The van der Waals surface area contributed by atoms with Crippen molar-refractivity contribution >= 4 is 17.6 Å². The monoisotopic (exact) mass is 234 g/mol. The molecule has 1 saturated heterocycles. The zero-order chi connectivity index (χ0) is 12.4. The number of carboxylic acids is 1. The van der Waals surface area contributed by atoms with E-state index >= 15 is 0 Å². The number of rotatable bonds is 2. The Bertz CT molecular complexity index is 459. The SMILES string of the molecule is Cc1cccc(N2CC(C(=O)O)NCC2=O)c1. The molecule has 90 valence electrons. The minimum atomic E-state index is -0.935. The molecular formula is C12H14N2O3. The first kappa shape index (κ1) is 11.6. The molecule has 0 aliphatic carbocycles. The molecule has 2 rings (SSSR count). The van der Waals surface area contributed by atoms with Crippen LogP contribution < -0.4 is 10.2 Å². The largest absolute Gasteiger partial charge is 0.480 e. The van der Waals surface area contributed by atoms with Crippen LogP contribution in [0.1, 0.15) is 5.56 Å². The van der Waals surface area contributed by atoms with Gasteiger partial charge in [0.25, 0.3) is 0 Å². The average Bonchev–Trinajstić information content (AvgIpc) is 2.29. The number of nitrogens with zero attached hydrogens (tertiary/aromatic N) is 1. The smallest absolute Gasteiger partial charge is 0.322 e. The highest BCUT2D eigenvalue weighted by molar-refractivity contribution is 5.97. The Morgan fingerprint density at radius 2 is 2.29 bits per heavy atom. The van der Waals surface area contributed by atoms with Gasteiger partial charge < -0.3 is 10.0 Å². The maximum absolute atomic E-state index is 11.7. The number of hydrogen-bond donors (Lipinski definition) is 2. The van der Waals surface area contributed by atoms with Gasteiger partial charge >= 0.3 is 5.97 Å². The van der Waals surface area contributed by atoms with Crippen molar-refractivity contribution in [2.45, 2.75) is 13.0 Å². The lowest BCUT2D eigenvalue weighted by atomic mass is 10.1. The maximum atomic E-state index is 11.7. The standard InChI is InChI=1S/C12H14N2O3/c1-8-3-2-4-9(5-8)14-7-10(12(16)17)13-6-11(14)15/h2-5,10,13H,6-7H2,1H3,(H,16,17). The van der Waals surface area contributed by atoms with E-state index in [0.717, 1.165) is 11.3 Å². The van der Waals surface area contributed by atoms with E-state index in [4.69, 9.17) is 5.11 Å². The Labute approximate surface area is 99.0 Å². The first-order chi connectivity index (χ1) is 8.08. The van der Waals surface area contributed by atoms with Crippen molar-refractivity contribution in [3.05, 3.63) is 29.8 Å². The van der Waals surface area contributed by atoms with E-state index in [-0.39, 0.29) is 19.0 Å². The fraction of sp³-hybridized carbons (Fsp3) is 0.333. The highest BCUT2D eigenvalue weighted by Crippen LogP contribution is 2.18. The van der Waals surface area contributed by atoms with Crippen LogP contribution in [-0.2, 0) is 9.59 Å². The summed E-state index contributed by atoms with van der Waals surface area (Å²) in [6, 6.07) is 6.78. The molecule has 0 bridgehead atoms. The van der Waals surface area contributed by atoms with Crippen LogP contribution in [0, 0.1) is 6.92 Å². The molecule has 0 radical (unpaired) electrons. The van der Waals surface area contributed by atoms with Gasteiger partial charge in [0.05, 0.1) is 13.1 Å². The van der Waals surface area contributed by atoms with Crippen molar-refractivity contribution < 1.29 is 14.7 Å². The molecule has 5 heteroatoms. The normalized spacial score (nSPS) is 20.4. The van der Waals surface area contributed by atoms with Crippen LogP contribution in [0.15, 0.2) is 24.3 Å². The van der Waals surface area contributed by atoms with Gasteiger partial charge in [-0.15, -0.1) is 0 Å². The van der Waals surface area contributed by atoms with Crippen LogP contribution in [0.2, 0.25) is 0 Å². The molecule has 1 amide bonds. The minimum Gasteiger partial charge on any atom is -0.480 e. The summed E-state index contributed by atoms with van der Waals surface area (Å²) in [5.41, 5.74) is 1.79. The lowest BCUT2D eigenvalue weighted by Crippen LogP contribution is -2.57. The van der Waals surface area contributed by atoms with Crippen molar-refractivity contribution in [2.75, 3.05) is 18.0 Å². The van der Waals surface area contributed by atoms with Gasteiger partial charge in [-0.05, 0) is 24.6 Å². The van der Waals surface area contributed by atoms with Crippen LogP contribution in [0.3, 0.4) is 0 Å². The zero-order valence-corrected chi connectivity index (χ0v) is 9.51. The Morgan fingerprint density at radius 3 is 2.94 bits per heavy atom. The maximum Gasteiger partial charge on any atom is 0.322 e. The number of carbonyl (C=O) groups excluding carboxylic acids is 1. The highest BCUT2D eigenvalue weighted by Gasteiger charge is 2.30. The number of benzene rings is 1. The number of hydrogen-bond acceptors (Lipinski definition) is 3. The number of carbonyl (C=O) groups is 2. The van der Waals surface area contributed by atoms with E-state index in [9.17, 15) is 9.59 Å². The molecule has 2 N–H and O–H groups in total. The second kappa shape index (κ2) is 4.55. The predicted octanol–water partition coefficient (Wildman–Crippen LogP) is 0.384. The van der Waals surface area contributed by atoms with E-state index in [1.165, 1.54) is 4.90 Å². The van der Waals surface area contributed by atoms with Crippen molar-refractivity contribution in [3.63, 3.8) is 0 Å². The van der Waals surface area contributed by atoms with Crippen molar-refractivity contribution in [1.29, 1.82) is 0 Å². The van der Waals surface area contributed by atoms with Gasteiger partial charge in [0.1, 0.15) is 6.04 Å². The second-order valence-corrected chi connectivity index (χ2v) is 4.12. The van der Waals surface area contributed by atoms with Gasteiger partial charge in [-0.2, -0.15) is 0 Å². The third kappa shape index (κ3) is 2.45. The quantitative estimate of drug-likeness (QED) is 0.776. The Morgan fingerprint density at radius 1 is 1.53 bits per heavy atom. The number of piperazine rings is 1. The summed E-state index contributed by atoms with van der Waals surface area (Å²) in [6.07, 6.45) is 0. The molecule has 1 fully saturated rings. The summed E-state index contributed by atoms with van der Waals surface area (Å²) in [6.45, 7) is 2.16. The van der Waals surface area contributed by atoms with Gasteiger partial charge in [-0.1, -0.05) is 12.1 Å². The van der Waals surface area contributed by atoms with Crippen LogP contribution in [0.25, 0.3) is 0 Å². The Kier molecular flexibility index (Phi) is 3.10. The molecule has 1 atom stereocenters. The molecule has 1 aromatic carbocycles. The van der Waals surface area contributed by atoms with Crippen molar-refractivity contribution in [1.82, 2.24) is 5.32 Å². The minimum absolute atomic E-state index is 0.0604. The number of amides is 1. The topological polar surface area (TPSA) is 69.6 Å². The summed E-state index contributed by atoms with van der Waals surface area (Å²) in [5, 5.41) is 11.6. The third-order valence-electron chi connectivity index (χ3n) is 2.78. The van der Waals surface area contributed by atoms with Crippen LogP contribution in [0.4, 0.5) is 5.69 Å². The van der Waals surface area contributed by atoms with Crippen LogP contribution in [0.5, 0.6) is 0 Å². The van der Waals surface area contributed by atoms with E-state index < -0.39 is 12.0 Å². The first-order valence-electron chi connectivity index (χ1n) is 5.41. The number of aliphatic carboxylic acids is 1. The molecule has 1 heterocycles. The summed E-state index contributed by atoms with van der Waals surface area (Å²) in [7, 11) is 0. The first-order valence-corrected chi connectivity index (χ1v) is 5.41. The van der Waals surface area contributed by atoms with E-state index in [0.29, 0.717) is 0 Å². The van der Waals surface area contributed by atoms with E-state index in [1.807, 2.05) is 31.2 Å². The number of aryl methyl sites for hydroxylation is 1. The van der Waals surface area contributed by atoms with E-state index in [2.05, 4.69) is 5.32 Å². The molecule has 0 aromatic heterocycles. The fourth-order valence-corrected chi connectivity index (χ4v) is 1.87. The highest BCUT2D eigenvalue weighted by atomic mass is 16.4. The van der Waals surface area contributed by atoms with E-state index in [1.54, 1.807) is 0 Å². The zero-order valence-electron chi connectivity index (χ0n) is 9.51. The molecule has 0 spiro atoms. The Hall–Kier alpha value is -1.88. The number of nitrogens with one attached hydrogen (secondary N) is 1. The van der Waals surface area contributed by atoms with Gasteiger partial charge in [-0.25, -0.2) is 0 Å². The van der Waals surface area contributed by atoms with Crippen LogP contribution >= 0.6 is 0 Å². The lowest BCUT2D eigenvalue weighted by Gasteiger charge is -2.31. The molecule has 1 unspecified atom stereocenters. The molecule has 0 saturated carbocycles. The van der Waals surface area contributed by atoms with Gasteiger partial charge in [0, 0.05) is 5.69 Å². The summed E-state index contributed by atoms with van der Waals surface area (Å²) in [5.74, 6) is -1.04. The predicted molar refractivity (Wildman–Crippen MR) is 63.0 cm³/mol. The summed E-state index contributed by atoms with van der Waals surface area (Å²) >= 11 is 0. The average molecular weight is 234 g/mol. The Balaban J connectivity index is 2.23.